The highest BCUT2D eigenvalue weighted by Gasteiger charge is 2.31. The molecule has 9 aromatic rings. The molecule has 1 aliphatic heterocycles. The maximum absolute atomic E-state index is 4.90. The van der Waals surface area contributed by atoms with Crippen LogP contribution in [0.4, 0.5) is 17.1 Å². The lowest BCUT2D eigenvalue weighted by Gasteiger charge is -2.27. The number of pyridine rings is 1. The normalized spacial score (nSPS) is 12.2. The Morgan fingerprint density at radius 2 is 0.872 bits per heavy atom. The van der Waals surface area contributed by atoms with Crippen LogP contribution in [0.3, 0.4) is 0 Å². The second-order valence-corrected chi connectivity index (χ2v) is 12.1. The van der Waals surface area contributed by atoms with Crippen LogP contribution < -0.4 is 4.90 Å². The Kier molecular flexibility index (Phi) is 5.54. The zero-order chi connectivity index (χ0) is 30.9. The van der Waals surface area contributed by atoms with Gasteiger partial charge in [-0.2, -0.15) is 0 Å². The third kappa shape index (κ3) is 3.73. The van der Waals surface area contributed by atoms with Gasteiger partial charge in [0, 0.05) is 38.5 Å². The molecule has 220 valence electrons. The van der Waals surface area contributed by atoms with E-state index in [1.165, 1.54) is 43.9 Å². The van der Waals surface area contributed by atoms with Crippen LogP contribution in [0.15, 0.2) is 170 Å². The second-order valence-electron chi connectivity index (χ2n) is 12.1. The Hall–Kier alpha value is -6.39. The highest BCUT2D eigenvalue weighted by molar-refractivity contribution is 6.13. The molecule has 0 saturated carbocycles. The predicted octanol–water partition coefficient (Wildman–Crippen LogP) is 11.2. The zero-order valence-corrected chi connectivity index (χ0v) is 25.5. The molecule has 10 rings (SSSR count). The van der Waals surface area contributed by atoms with Crippen molar-refractivity contribution < 1.29 is 0 Å². The Balaban J connectivity index is 1.31. The molecule has 0 fully saturated rings. The molecule has 1 aliphatic rings. The standard InChI is InChI=1S/C43H28N4/c1-2-14-29(15-3-1)45-39-23-11-6-18-34(39)42-35-19-7-12-24-40(35)47(43(42)36-20-8-13-25-41(36)45)31-26-30(27-44-28-31)46-37-21-9-4-16-32(37)33-17-5-10-22-38(33)46/h1-28H. The summed E-state index contributed by atoms with van der Waals surface area (Å²) in [5.74, 6) is 0. The van der Waals surface area contributed by atoms with Crippen LogP contribution in [0.2, 0.25) is 0 Å². The minimum absolute atomic E-state index is 1.02. The van der Waals surface area contributed by atoms with E-state index in [4.69, 9.17) is 4.98 Å². The second kappa shape index (κ2) is 10.1. The highest BCUT2D eigenvalue weighted by atomic mass is 15.2. The molecule has 0 N–H and O–H groups in total. The third-order valence-electron chi connectivity index (χ3n) is 9.51. The van der Waals surface area contributed by atoms with Crippen LogP contribution in [0, 0.1) is 0 Å². The monoisotopic (exact) mass is 600 g/mol. The number of hydrogen-bond donors (Lipinski definition) is 0. The molecule has 0 aliphatic carbocycles. The molecule has 4 nitrogen and oxygen atoms in total. The highest BCUT2D eigenvalue weighted by Crippen LogP contribution is 2.54. The third-order valence-corrected chi connectivity index (χ3v) is 9.51. The fourth-order valence-electron chi connectivity index (χ4n) is 7.63. The van der Waals surface area contributed by atoms with Gasteiger partial charge in [0.15, 0.2) is 0 Å². The maximum atomic E-state index is 4.90. The molecular weight excluding hydrogens is 573 g/mol. The Morgan fingerprint density at radius 3 is 1.55 bits per heavy atom. The number of rotatable bonds is 3. The molecule has 6 aromatic carbocycles. The summed E-state index contributed by atoms with van der Waals surface area (Å²) in [5, 5.41) is 3.68. The van der Waals surface area contributed by atoms with Crippen molar-refractivity contribution >= 4 is 49.8 Å². The summed E-state index contributed by atoms with van der Waals surface area (Å²) < 4.78 is 4.76. The molecule has 47 heavy (non-hydrogen) atoms. The van der Waals surface area contributed by atoms with Gasteiger partial charge in [-0.05, 0) is 48.5 Å². The molecule has 0 atom stereocenters. The van der Waals surface area contributed by atoms with Crippen molar-refractivity contribution in [3.05, 3.63) is 170 Å². The van der Waals surface area contributed by atoms with Gasteiger partial charge in [0.25, 0.3) is 0 Å². The molecule has 0 unspecified atom stereocenters. The van der Waals surface area contributed by atoms with E-state index in [0.717, 1.165) is 39.6 Å². The number of hydrogen-bond acceptors (Lipinski definition) is 2. The fourth-order valence-corrected chi connectivity index (χ4v) is 7.63. The van der Waals surface area contributed by atoms with Crippen molar-refractivity contribution in [2.24, 2.45) is 0 Å². The van der Waals surface area contributed by atoms with Gasteiger partial charge in [0.2, 0.25) is 0 Å². The van der Waals surface area contributed by atoms with Crippen LogP contribution in [0.25, 0.3) is 66.5 Å². The largest absolute Gasteiger partial charge is 0.309 e. The summed E-state index contributed by atoms with van der Waals surface area (Å²) >= 11 is 0. The Labute approximate surface area is 272 Å². The maximum Gasteiger partial charge on any atom is 0.0666 e. The number of aromatic nitrogens is 3. The minimum Gasteiger partial charge on any atom is -0.309 e. The number of benzene rings is 6. The summed E-state index contributed by atoms with van der Waals surface area (Å²) in [7, 11) is 0. The van der Waals surface area contributed by atoms with Crippen LogP contribution in [-0.4, -0.2) is 14.1 Å². The van der Waals surface area contributed by atoms with E-state index >= 15 is 0 Å². The molecule has 0 bridgehead atoms. The van der Waals surface area contributed by atoms with Crippen LogP contribution in [0.1, 0.15) is 0 Å². The lowest BCUT2D eigenvalue weighted by molar-refractivity contribution is 1.07. The van der Waals surface area contributed by atoms with Crippen LogP contribution in [0.5, 0.6) is 0 Å². The van der Waals surface area contributed by atoms with Crippen LogP contribution >= 0.6 is 0 Å². The average Bonchev–Trinajstić information content (AvgIpc) is 3.62. The molecule has 0 spiro atoms. The first-order chi connectivity index (χ1) is 23.4. The van der Waals surface area contributed by atoms with Gasteiger partial charge < -0.3 is 14.0 Å². The van der Waals surface area contributed by atoms with Gasteiger partial charge in [0.1, 0.15) is 0 Å². The van der Waals surface area contributed by atoms with Gasteiger partial charge >= 0.3 is 0 Å². The fraction of sp³-hybridized carbons (Fsp3) is 0. The molecule has 0 radical (unpaired) electrons. The molecule has 0 saturated heterocycles. The topological polar surface area (TPSA) is 26.0 Å². The SMILES string of the molecule is c1ccc(N2c3ccccc3-c3c(n(-c4cncc(-n5c6ccccc6c6ccccc65)c4)c4ccccc34)-c3ccccc32)cc1. The Morgan fingerprint density at radius 1 is 0.383 bits per heavy atom. The molecular formula is C43H28N4. The molecule has 3 aromatic heterocycles. The van der Waals surface area contributed by atoms with Crippen molar-refractivity contribution in [3.8, 4) is 33.8 Å². The van der Waals surface area contributed by atoms with E-state index in [9.17, 15) is 0 Å². The van der Waals surface area contributed by atoms with E-state index < -0.39 is 0 Å². The predicted molar refractivity (Wildman–Crippen MR) is 195 cm³/mol. The summed E-state index contributed by atoms with van der Waals surface area (Å²) in [6.45, 7) is 0. The number of fused-ring (bicyclic) bond motifs is 10. The van der Waals surface area contributed by atoms with Crippen molar-refractivity contribution in [1.29, 1.82) is 0 Å². The van der Waals surface area contributed by atoms with E-state index in [1.54, 1.807) is 0 Å². The van der Waals surface area contributed by atoms with E-state index in [1.807, 2.05) is 12.4 Å². The molecule has 4 heterocycles. The first-order valence-electron chi connectivity index (χ1n) is 16.0. The van der Waals surface area contributed by atoms with E-state index in [0.29, 0.717) is 0 Å². The summed E-state index contributed by atoms with van der Waals surface area (Å²) in [5.41, 5.74) is 13.7. The lowest BCUT2D eigenvalue weighted by atomic mass is 9.98. The summed E-state index contributed by atoms with van der Waals surface area (Å²) in [6, 6.07) is 56.6. The van der Waals surface area contributed by atoms with Gasteiger partial charge in [0.05, 0.1) is 57.4 Å². The van der Waals surface area contributed by atoms with Crippen molar-refractivity contribution in [2.45, 2.75) is 0 Å². The molecule has 4 heteroatoms. The Bertz CT molecular complexity index is 2590. The summed E-state index contributed by atoms with van der Waals surface area (Å²) in [4.78, 5) is 7.30. The van der Waals surface area contributed by atoms with Crippen molar-refractivity contribution in [1.82, 2.24) is 14.1 Å². The number of para-hydroxylation sites is 6. The van der Waals surface area contributed by atoms with Crippen LogP contribution in [-0.2, 0) is 0 Å². The van der Waals surface area contributed by atoms with Crippen molar-refractivity contribution in [2.75, 3.05) is 4.90 Å². The van der Waals surface area contributed by atoms with Crippen molar-refractivity contribution in [3.63, 3.8) is 0 Å². The van der Waals surface area contributed by atoms with Gasteiger partial charge in [-0.25, -0.2) is 0 Å². The average molecular weight is 601 g/mol. The van der Waals surface area contributed by atoms with Gasteiger partial charge in [-0.1, -0.05) is 109 Å². The smallest absolute Gasteiger partial charge is 0.0666 e. The van der Waals surface area contributed by atoms with E-state index in [-0.39, 0.29) is 0 Å². The minimum atomic E-state index is 1.02. The van der Waals surface area contributed by atoms with Gasteiger partial charge in [-0.15, -0.1) is 0 Å². The first-order valence-corrected chi connectivity index (χ1v) is 16.0. The first kappa shape index (κ1) is 25.9. The summed E-state index contributed by atoms with van der Waals surface area (Å²) in [6.07, 6.45) is 3.98. The van der Waals surface area contributed by atoms with E-state index in [2.05, 4.69) is 172 Å². The number of nitrogens with zero attached hydrogens (tertiary/aromatic N) is 4. The number of anilines is 3. The zero-order valence-electron chi connectivity index (χ0n) is 25.5. The van der Waals surface area contributed by atoms with Gasteiger partial charge in [-0.3, -0.25) is 4.98 Å². The lowest BCUT2D eigenvalue weighted by Crippen LogP contribution is -2.11. The quantitative estimate of drug-likeness (QED) is 0.202. The molecule has 0 amide bonds.